The van der Waals surface area contributed by atoms with E-state index in [4.69, 9.17) is 5.11 Å². The van der Waals surface area contributed by atoms with Crippen LogP contribution in [0.15, 0.2) is 24.3 Å². The summed E-state index contributed by atoms with van der Waals surface area (Å²) in [5, 5.41) is 12.6. The summed E-state index contributed by atoms with van der Waals surface area (Å²) >= 11 is 0. The molecule has 0 heterocycles. The van der Waals surface area contributed by atoms with Crippen molar-refractivity contribution in [2.75, 3.05) is 6.54 Å². The molecule has 0 aromatic heterocycles. The maximum atomic E-state index is 11.1. The third-order valence-corrected chi connectivity index (χ3v) is 4.85. The fourth-order valence-corrected chi connectivity index (χ4v) is 3.90. The van der Waals surface area contributed by atoms with Crippen LogP contribution in [-0.2, 0) is 6.54 Å². The van der Waals surface area contributed by atoms with E-state index >= 15 is 0 Å². The molecule has 2 fully saturated rings. The highest BCUT2D eigenvalue weighted by molar-refractivity contribution is 5.89. The summed E-state index contributed by atoms with van der Waals surface area (Å²) in [5.41, 5.74) is 1.31. The normalized spacial score (nSPS) is 28.7. The average molecular weight is 259 g/mol. The van der Waals surface area contributed by atoms with Gasteiger partial charge in [0.15, 0.2) is 0 Å². The van der Waals surface area contributed by atoms with Gasteiger partial charge in [-0.15, -0.1) is 0 Å². The van der Waals surface area contributed by atoms with Crippen LogP contribution in [0.1, 0.15) is 41.6 Å². The van der Waals surface area contributed by atoms with Gasteiger partial charge in [-0.1, -0.05) is 24.6 Å². The number of carboxylic acid groups (broad SMARTS) is 1. The lowest BCUT2D eigenvalue weighted by Crippen LogP contribution is -2.26. The number of hydrogen-bond donors (Lipinski definition) is 2. The monoisotopic (exact) mass is 259 g/mol. The van der Waals surface area contributed by atoms with Crippen LogP contribution in [0.25, 0.3) is 0 Å². The minimum absolute atomic E-state index is 0.419. The number of nitrogens with one attached hydrogen (secondary N) is 1. The molecule has 0 spiro atoms. The van der Waals surface area contributed by atoms with Crippen LogP contribution < -0.4 is 5.32 Å². The topological polar surface area (TPSA) is 49.3 Å². The SMILES string of the molecule is O=C(O)c1ccccc1CNCC1CC2CCC1C2. The Morgan fingerprint density at radius 3 is 2.79 bits per heavy atom. The van der Waals surface area contributed by atoms with Crippen LogP contribution in [-0.4, -0.2) is 17.6 Å². The molecule has 3 unspecified atom stereocenters. The van der Waals surface area contributed by atoms with Crippen molar-refractivity contribution < 1.29 is 9.90 Å². The third-order valence-electron chi connectivity index (χ3n) is 4.85. The molecule has 2 N–H and O–H groups in total. The molecule has 1 aromatic carbocycles. The average Bonchev–Trinajstić information content (AvgIpc) is 3.01. The zero-order valence-corrected chi connectivity index (χ0v) is 11.1. The number of carboxylic acids is 1. The smallest absolute Gasteiger partial charge is 0.336 e. The molecular weight excluding hydrogens is 238 g/mol. The third kappa shape index (κ3) is 2.66. The van der Waals surface area contributed by atoms with E-state index < -0.39 is 5.97 Å². The highest BCUT2D eigenvalue weighted by Crippen LogP contribution is 2.47. The van der Waals surface area contributed by atoms with Crippen LogP contribution in [0, 0.1) is 17.8 Å². The van der Waals surface area contributed by atoms with Crippen molar-refractivity contribution in [2.24, 2.45) is 17.8 Å². The summed E-state index contributed by atoms with van der Waals surface area (Å²) in [4.78, 5) is 11.1. The van der Waals surface area contributed by atoms with Crippen molar-refractivity contribution >= 4 is 5.97 Å². The minimum atomic E-state index is -0.836. The van der Waals surface area contributed by atoms with Gasteiger partial charge < -0.3 is 10.4 Å². The van der Waals surface area contributed by atoms with Crippen LogP contribution >= 0.6 is 0 Å². The van der Waals surface area contributed by atoms with E-state index in [1.165, 1.54) is 25.7 Å². The van der Waals surface area contributed by atoms with E-state index in [0.29, 0.717) is 12.1 Å². The van der Waals surface area contributed by atoms with Crippen molar-refractivity contribution in [3.63, 3.8) is 0 Å². The molecular formula is C16H21NO2. The first-order valence-corrected chi connectivity index (χ1v) is 7.26. The molecule has 0 amide bonds. The van der Waals surface area contributed by atoms with Gasteiger partial charge in [-0.3, -0.25) is 0 Å². The predicted octanol–water partition coefficient (Wildman–Crippen LogP) is 2.91. The summed E-state index contributed by atoms with van der Waals surface area (Å²) in [7, 11) is 0. The number of hydrogen-bond acceptors (Lipinski definition) is 2. The fourth-order valence-electron chi connectivity index (χ4n) is 3.90. The van der Waals surface area contributed by atoms with Gasteiger partial charge in [0, 0.05) is 6.54 Å². The van der Waals surface area contributed by atoms with Crippen LogP contribution in [0.3, 0.4) is 0 Å². The Balaban J connectivity index is 1.54. The standard InChI is InChI=1S/C16H21NO2/c18-16(19)15-4-2-1-3-13(15)9-17-10-14-8-11-5-6-12(14)7-11/h1-4,11-12,14,17H,5-10H2,(H,18,19). The Morgan fingerprint density at radius 2 is 2.11 bits per heavy atom. The Bertz CT molecular complexity index is 472. The van der Waals surface area contributed by atoms with Gasteiger partial charge >= 0.3 is 5.97 Å². The van der Waals surface area contributed by atoms with Crippen molar-refractivity contribution in [1.29, 1.82) is 0 Å². The quantitative estimate of drug-likeness (QED) is 0.854. The first-order chi connectivity index (χ1) is 9.24. The Morgan fingerprint density at radius 1 is 1.26 bits per heavy atom. The molecule has 2 aliphatic rings. The zero-order valence-electron chi connectivity index (χ0n) is 11.1. The van der Waals surface area contributed by atoms with Crippen LogP contribution in [0.5, 0.6) is 0 Å². The highest BCUT2D eigenvalue weighted by atomic mass is 16.4. The van der Waals surface area contributed by atoms with E-state index in [9.17, 15) is 4.79 Å². The largest absolute Gasteiger partial charge is 0.478 e. The summed E-state index contributed by atoms with van der Waals surface area (Å²) in [6, 6.07) is 7.26. The Hall–Kier alpha value is -1.35. The van der Waals surface area contributed by atoms with Gasteiger partial charge in [0.1, 0.15) is 0 Å². The molecule has 3 nitrogen and oxygen atoms in total. The van der Waals surface area contributed by atoms with E-state index in [-0.39, 0.29) is 0 Å². The van der Waals surface area contributed by atoms with Gasteiger partial charge in [-0.2, -0.15) is 0 Å². The van der Waals surface area contributed by atoms with Crippen molar-refractivity contribution in [3.8, 4) is 0 Å². The molecule has 0 radical (unpaired) electrons. The second-order valence-corrected chi connectivity index (χ2v) is 6.03. The number of rotatable bonds is 5. The number of aromatic carboxylic acids is 1. The number of carbonyl (C=O) groups is 1. The lowest BCUT2D eigenvalue weighted by Gasteiger charge is -2.22. The Kier molecular flexibility index (Phi) is 3.56. The van der Waals surface area contributed by atoms with Gasteiger partial charge in [-0.05, 0) is 55.2 Å². The first-order valence-electron chi connectivity index (χ1n) is 7.26. The van der Waals surface area contributed by atoms with E-state index in [0.717, 1.165) is 29.9 Å². The van der Waals surface area contributed by atoms with Crippen molar-refractivity contribution in [1.82, 2.24) is 5.32 Å². The second kappa shape index (κ2) is 5.33. The van der Waals surface area contributed by atoms with Crippen molar-refractivity contribution in [3.05, 3.63) is 35.4 Å². The minimum Gasteiger partial charge on any atom is -0.478 e. The van der Waals surface area contributed by atoms with E-state index in [2.05, 4.69) is 5.32 Å². The molecule has 3 atom stereocenters. The lowest BCUT2D eigenvalue weighted by molar-refractivity contribution is 0.0695. The molecule has 2 aliphatic carbocycles. The summed E-state index contributed by atoms with van der Waals surface area (Å²) in [6.45, 7) is 1.70. The Labute approximate surface area is 114 Å². The molecule has 0 aliphatic heterocycles. The maximum Gasteiger partial charge on any atom is 0.336 e. The number of fused-ring (bicyclic) bond motifs is 2. The van der Waals surface area contributed by atoms with Gasteiger partial charge in [-0.25, -0.2) is 4.79 Å². The fraction of sp³-hybridized carbons (Fsp3) is 0.562. The lowest BCUT2D eigenvalue weighted by atomic mass is 9.89. The first kappa shape index (κ1) is 12.7. The highest BCUT2D eigenvalue weighted by Gasteiger charge is 2.38. The van der Waals surface area contributed by atoms with E-state index in [1.807, 2.05) is 12.1 Å². The summed E-state index contributed by atoms with van der Waals surface area (Å²) < 4.78 is 0. The van der Waals surface area contributed by atoms with Crippen LogP contribution in [0.4, 0.5) is 0 Å². The molecule has 1 aromatic rings. The van der Waals surface area contributed by atoms with Gasteiger partial charge in [0.2, 0.25) is 0 Å². The molecule has 2 saturated carbocycles. The zero-order chi connectivity index (χ0) is 13.2. The molecule has 3 rings (SSSR count). The maximum absolute atomic E-state index is 11.1. The molecule has 0 saturated heterocycles. The summed E-state index contributed by atoms with van der Waals surface area (Å²) in [6.07, 6.45) is 5.64. The molecule has 19 heavy (non-hydrogen) atoms. The second-order valence-electron chi connectivity index (χ2n) is 6.03. The van der Waals surface area contributed by atoms with Crippen molar-refractivity contribution in [2.45, 2.75) is 32.2 Å². The molecule has 2 bridgehead atoms. The van der Waals surface area contributed by atoms with Gasteiger partial charge in [0.25, 0.3) is 0 Å². The number of benzene rings is 1. The summed E-state index contributed by atoms with van der Waals surface area (Å²) in [5.74, 6) is 1.88. The van der Waals surface area contributed by atoms with Gasteiger partial charge in [0.05, 0.1) is 5.56 Å². The molecule has 102 valence electrons. The predicted molar refractivity (Wildman–Crippen MR) is 74.0 cm³/mol. The van der Waals surface area contributed by atoms with E-state index in [1.54, 1.807) is 12.1 Å². The molecule has 3 heteroatoms. The van der Waals surface area contributed by atoms with Crippen LogP contribution in [0.2, 0.25) is 0 Å².